The Bertz CT molecular complexity index is 391. The van der Waals surface area contributed by atoms with E-state index in [0.717, 1.165) is 31.6 Å². The molecule has 3 heteroatoms. The van der Waals surface area contributed by atoms with Crippen molar-refractivity contribution in [1.29, 1.82) is 0 Å². The normalized spacial score (nSPS) is 17.8. The van der Waals surface area contributed by atoms with Crippen LogP contribution in [0.5, 0.6) is 0 Å². The molecule has 16 heavy (non-hydrogen) atoms. The second kappa shape index (κ2) is 4.26. The summed E-state index contributed by atoms with van der Waals surface area (Å²) in [5.74, 6) is -0.345. The zero-order valence-electron chi connectivity index (χ0n) is 9.53. The maximum Gasteiger partial charge on any atom is 0.248 e. The fourth-order valence-electron chi connectivity index (χ4n) is 2.14. The number of carbonyl (C=O) groups excluding carboxylic acids is 1. The maximum atomic E-state index is 11.3. The van der Waals surface area contributed by atoms with Crippen LogP contribution < -0.4 is 5.73 Å². The number of hydrogen-bond donors (Lipinski definition) is 1. The highest BCUT2D eigenvalue weighted by Crippen LogP contribution is 2.35. The smallest absolute Gasteiger partial charge is 0.248 e. The van der Waals surface area contributed by atoms with Crippen LogP contribution in [0, 0.1) is 5.41 Å². The number of ether oxygens (including phenoxy) is 1. The van der Waals surface area contributed by atoms with Gasteiger partial charge in [-0.25, -0.2) is 0 Å². The van der Waals surface area contributed by atoms with E-state index in [9.17, 15) is 4.79 Å². The molecule has 2 N–H and O–H groups in total. The molecule has 0 bridgehead atoms. The van der Waals surface area contributed by atoms with Crippen LogP contribution in [0.1, 0.15) is 29.3 Å². The minimum absolute atomic E-state index is 0.214. The van der Waals surface area contributed by atoms with Gasteiger partial charge in [-0.05, 0) is 24.5 Å². The molecule has 1 heterocycles. The molecule has 0 radical (unpaired) electrons. The number of rotatable bonds is 4. The molecule has 0 spiro atoms. The van der Waals surface area contributed by atoms with Crippen molar-refractivity contribution in [3.8, 4) is 0 Å². The summed E-state index contributed by atoms with van der Waals surface area (Å²) in [4.78, 5) is 11.3. The van der Waals surface area contributed by atoms with E-state index in [0.29, 0.717) is 5.56 Å². The molecule has 1 fully saturated rings. The van der Waals surface area contributed by atoms with Gasteiger partial charge in [-0.2, -0.15) is 0 Å². The van der Waals surface area contributed by atoms with Crippen molar-refractivity contribution in [3.05, 3.63) is 35.4 Å². The largest absolute Gasteiger partial charge is 0.380 e. The van der Waals surface area contributed by atoms with Gasteiger partial charge in [0.05, 0.1) is 13.2 Å². The third kappa shape index (κ3) is 1.95. The van der Waals surface area contributed by atoms with Crippen LogP contribution in [0.2, 0.25) is 0 Å². The highest BCUT2D eigenvalue weighted by atomic mass is 16.5. The van der Waals surface area contributed by atoms with Crippen LogP contribution in [0.25, 0.3) is 0 Å². The molecule has 3 nitrogen and oxygen atoms in total. The summed E-state index contributed by atoms with van der Waals surface area (Å²) in [6, 6.07) is 7.57. The lowest BCUT2D eigenvalue weighted by molar-refractivity contribution is -0.114. The topological polar surface area (TPSA) is 52.3 Å². The molecule has 1 aliphatic heterocycles. The van der Waals surface area contributed by atoms with Crippen LogP contribution in [0.15, 0.2) is 24.3 Å². The number of benzene rings is 1. The number of amides is 1. The van der Waals surface area contributed by atoms with Gasteiger partial charge < -0.3 is 10.5 Å². The van der Waals surface area contributed by atoms with Crippen molar-refractivity contribution in [1.82, 2.24) is 0 Å². The number of carbonyl (C=O) groups is 1. The molecule has 0 unspecified atom stereocenters. The fourth-order valence-corrected chi connectivity index (χ4v) is 2.14. The number of nitrogens with two attached hydrogens (primary N) is 1. The number of primary amides is 1. The van der Waals surface area contributed by atoms with Crippen LogP contribution >= 0.6 is 0 Å². The van der Waals surface area contributed by atoms with Gasteiger partial charge in [0.2, 0.25) is 5.91 Å². The first-order valence-electron chi connectivity index (χ1n) is 5.62. The molecule has 1 aromatic rings. The van der Waals surface area contributed by atoms with Crippen molar-refractivity contribution in [2.24, 2.45) is 11.1 Å². The maximum absolute atomic E-state index is 11.3. The molecule has 1 aliphatic rings. The molecule has 0 atom stereocenters. The van der Waals surface area contributed by atoms with Gasteiger partial charge in [-0.1, -0.05) is 25.1 Å². The molecule has 1 amide bonds. The first-order chi connectivity index (χ1) is 7.67. The van der Waals surface area contributed by atoms with Crippen molar-refractivity contribution >= 4 is 5.91 Å². The summed E-state index contributed by atoms with van der Waals surface area (Å²) in [5.41, 5.74) is 7.26. The molecule has 1 aromatic carbocycles. The quantitative estimate of drug-likeness (QED) is 0.838. The highest BCUT2D eigenvalue weighted by Gasteiger charge is 2.37. The summed E-state index contributed by atoms with van der Waals surface area (Å²) in [5, 5.41) is 0. The van der Waals surface area contributed by atoms with Crippen LogP contribution in [-0.2, 0) is 11.2 Å². The average Bonchev–Trinajstić information content (AvgIpc) is 2.24. The lowest BCUT2D eigenvalue weighted by Crippen LogP contribution is -2.44. The predicted octanol–water partition coefficient (Wildman–Crippen LogP) is 1.75. The first kappa shape index (κ1) is 11.1. The summed E-state index contributed by atoms with van der Waals surface area (Å²) < 4.78 is 5.29. The molecule has 0 saturated carbocycles. The van der Waals surface area contributed by atoms with Crippen molar-refractivity contribution in [3.63, 3.8) is 0 Å². The minimum Gasteiger partial charge on any atom is -0.380 e. The Morgan fingerprint density at radius 2 is 2.12 bits per heavy atom. The van der Waals surface area contributed by atoms with E-state index < -0.39 is 0 Å². The van der Waals surface area contributed by atoms with Gasteiger partial charge in [-0.3, -0.25) is 4.79 Å². The monoisotopic (exact) mass is 219 g/mol. The Kier molecular flexibility index (Phi) is 2.97. The van der Waals surface area contributed by atoms with Gasteiger partial charge in [0.25, 0.3) is 0 Å². The Balaban J connectivity index is 2.23. The summed E-state index contributed by atoms with van der Waals surface area (Å²) in [6.07, 6.45) is 1.95. The van der Waals surface area contributed by atoms with Crippen LogP contribution in [0.4, 0.5) is 0 Å². The summed E-state index contributed by atoms with van der Waals surface area (Å²) >= 11 is 0. The molecular weight excluding hydrogens is 202 g/mol. The van der Waals surface area contributed by atoms with Gasteiger partial charge in [0, 0.05) is 11.0 Å². The van der Waals surface area contributed by atoms with E-state index >= 15 is 0 Å². The van der Waals surface area contributed by atoms with Gasteiger partial charge >= 0.3 is 0 Å². The van der Waals surface area contributed by atoms with Gasteiger partial charge in [-0.15, -0.1) is 0 Å². The predicted molar refractivity (Wildman–Crippen MR) is 62.2 cm³/mol. The molecule has 0 aromatic heterocycles. The second-order valence-electron chi connectivity index (χ2n) is 4.54. The van der Waals surface area contributed by atoms with Crippen molar-refractivity contribution < 1.29 is 9.53 Å². The summed E-state index contributed by atoms with van der Waals surface area (Å²) in [7, 11) is 0. The second-order valence-corrected chi connectivity index (χ2v) is 4.54. The number of hydrogen-bond acceptors (Lipinski definition) is 2. The van der Waals surface area contributed by atoms with Crippen molar-refractivity contribution in [2.75, 3.05) is 13.2 Å². The lowest BCUT2D eigenvalue weighted by Gasteiger charge is -2.41. The van der Waals surface area contributed by atoms with Gasteiger partial charge in [0.1, 0.15) is 0 Å². The fraction of sp³-hybridized carbons (Fsp3) is 0.462. The third-order valence-electron chi connectivity index (χ3n) is 3.41. The van der Waals surface area contributed by atoms with Gasteiger partial charge in [0.15, 0.2) is 0 Å². The molecule has 0 aliphatic carbocycles. The Morgan fingerprint density at radius 3 is 2.62 bits per heavy atom. The van der Waals surface area contributed by atoms with E-state index in [4.69, 9.17) is 10.5 Å². The first-order valence-corrected chi connectivity index (χ1v) is 5.62. The Hall–Kier alpha value is -1.35. The van der Waals surface area contributed by atoms with E-state index in [1.54, 1.807) is 6.07 Å². The molecule has 1 saturated heterocycles. The minimum atomic E-state index is -0.345. The standard InChI is InChI=1S/C13H17NO2/c1-2-13(8-16-9-13)7-10-5-3-4-6-11(10)12(14)15/h3-6H,2,7-9H2,1H3,(H2,14,15). The summed E-state index contributed by atoms with van der Waals surface area (Å²) in [6.45, 7) is 3.74. The SMILES string of the molecule is CCC1(Cc2ccccc2C(N)=O)COC1. The zero-order valence-corrected chi connectivity index (χ0v) is 9.53. The Morgan fingerprint density at radius 1 is 1.44 bits per heavy atom. The van der Waals surface area contributed by atoms with E-state index in [2.05, 4.69) is 6.92 Å². The zero-order chi connectivity index (χ0) is 11.6. The van der Waals surface area contributed by atoms with Crippen LogP contribution in [-0.4, -0.2) is 19.1 Å². The van der Waals surface area contributed by atoms with E-state index in [1.165, 1.54) is 0 Å². The Labute approximate surface area is 95.6 Å². The van der Waals surface area contributed by atoms with E-state index in [-0.39, 0.29) is 11.3 Å². The molecular formula is C13H17NO2. The highest BCUT2D eigenvalue weighted by molar-refractivity contribution is 5.94. The average molecular weight is 219 g/mol. The molecule has 2 rings (SSSR count). The third-order valence-corrected chi connectivity index (χ3v) is 3.41. The van der Waals surface area contributed by atoms with Crippen molar-refractivity contribution in [2.45, 2.75) is 19.8 Å². The lowest BCUT2D eigenvalue weighted by atomic mass is 9.76. The van der Waals surface area contributed by atoms with Crippen LogP contribution in [0.3, 0.4) is 0 Å². The van der Waals surface area contributed by atoms with E-state index in [1.807, 2.05) is 18.2 Å². The molecule has 86 valence electrons.